The number of fused-ring (bicyclic) bond motifs is 1. The SMILES string of the molecule is CCS(=O)(=O)c1ccc(OC)c(C2(N)N=CC=C(N(C)c3ccc4c(C)[nH]nc4c3)N2)c1. The van der Waals surface area contributed by atoms with E-state index in [0.717, 1.165) is 22.3 Å². The lowest BCUT2D eigenvalue weighted by atomic mass is 10.1. The second kappa shape index (κ2) is 7.95. The molecule has 0 fully saturated rings. The summed E-state index contributed by atoms with van der Waals surface area (Å²) in [6.45, 7) is 3.57. The molecule has 0 spiro atoms. The van der Waals surface area contributed by atoms with Gasteiger partial charge >= 0.3 is 0 Å². The van der Waals surface area contributed by atoms with E-state index in [0.29, 0.717) is 17.1 Å². The highest BCUT2D eigenvalue weighted by atomic mass is 32.2. The number of rotatable bonds is 6. The average molecular weight is 455 g/mol. The van der Waals surface area contributed by atoms with Crippen LogP contribution in [0.2, 0.25) is 0 Å². The lowest BCUT2D eigenvalue weighted by molar-refractivity contribution is 0.351. The van der Waals surface area contributed by atoms with Gasteiger partial charge in [0, 0.05) is 30.0 Å². The van der Waals surface area contributed by atoms with Gasteiger partial charge in [-0.2, -0.15) is 5.10 Å². The molecule has 1 aliphatic rings. The fraction of sp³-hybridized carbons (Fsp3) is 0.273. The molecule has 1 aliphatic heterocycles. The number of nitrogens with zero attached hydrogens (tertiary/aromatic N) is 3. The van der Waals surface area contributed by atoms with Gasteiger partial charge in [0.1, 0.15) is 11.6 Å². The predicted octanol–water partition coefficient (Wildman–Crippen LogP) is 2.39. The Morgan fingerprint density at radius 3 is 2.72 bits per heavy atom. The van der Waals surface area contributed by atoms with Crippen molar-refractivity contribution in [3.8, 4) is 5.75 Å². The van der Waals surface area contributed by atoms with Gasteiger partial charge in [0.2, 0.25) is 5.79 Å². The summed E-state index contributed by atoms with van der Waals surface area (Å²) in [6, 6.07) is 10.6. The fourth-order valence-electron chi connectivity index (χ4n) is 3.65. The number of nitrogens with two attached hydrogens (primary N) is 1. The van der Waals surface area contributed by atoms with Crippen LogP contribution in [0.25, 0.3) is 10.9 Å². The highest BCUT2D eigenvalue weighted by Gasteiger charge is 2.34. The van der Waals surface area contributed by atoms with E-state index in [-0.39, 0.29) is 10.6 Å². The molecule has 0 amide bonds. The largest absolute Gasteiger partial charge is 0.496 e. The van der Waals surface area contributed by atoms with Crippen molar-refractivity contribution in [2.75, 3.05) is 24.8 Å². The number of aromatic nitrogens is 2. The summed E-state index contributed by atoms with van der Waals surface area (Å²) in [7, 11) is -0.0247. The molecule has 10 heteroatoms. The number of aryl methyl sites for hydroxylation is 1. The molecule has 1 aromatic heterocycles. The molecular formula is C22H26N6O3S. The van der Waals surface area contributed by atoms with Crippen LogP contribution in [0.3, 0.4) is 0 Å². The number of aliphatic imine (C=N–C) groups is 1. The van der Waals surface area contributed by atoms with Gasteiger partial charge in [0.25, 0.3) is 0 Å². The second-order valence-electron chi connectivity index (χ2n) is 7.60. The normalized spacial score (nSPS) is 18.3. The maximum Gasteiger partial charge on any atom is 0.213 e. The molecule has 2 heterocycles. The summed E-state index contributed by atoms with van der Waals surface area (Å²) in [5, 5.41) is 11.6. The number of anilines is 1. The summed E-state index contributed by atoms with van der Waals surface area (Å²) in [6.07, 6.45) is 3.39. The van der Waals surface area contributed by atoms with Crippen molar-refractivity contribution in [1.29, 1.82) is 0 Å². The predicted molar refractivity (Wildman–Crippen MR) is 126 cm³/mol. The van der Waals surface area contributed by atoms with Gasteiger partial charge in [-0.1, -0.05) is 6.92 Å². The molecule has 2 aromatic carbocycles. The first-order chi connectivity index (χ1) is 15.2. The van der Waals surface area contributed by atoms with E-state index in [1.165, 1.54) is 19.2 Å². The quantitative estimate of drug-likeness (QED) is 0.522. The minimum absolute atomic E-state index is 0.0178. The molecule has 1 atom stereocenters. The van der Waals surface area contributed by atoms with Crippen molar-refractivity contribution in [1.82, 2.24) is 15.5 Å². The van der Waals surface area contributed by atoms with Crippen LogP contribution in [0.5, 0.6) is 5.75 Å². The molecule has 4 N–H and O–H groups in total. The molecule has 0 bridgehead atoms. The zero-order valence-electron chi connectivity index (χ0n) is 18.4. The van der Waals surface area contributed by atoms with E-state index < -0.39 is 15.6 Å². The van der Waals surface area contributed by atoms with E-state index in [4.69, 9.17) is 10.5 Å². The lowest BCUT2D eigenvalue weighted by Crippen LogP contribution is -2.52. The number of allylic oxidation sites excluding steroid dienone is 1. The van der Waals surface area contributed by atoms with Crippen LogP contribution >= 0.6 is 0 Å². The molecule has 1 unspecified atom stereocenters. The number of hydrogen-bond donors (Lipinski definition) is 3. The topological polar surface area (TPSA) is 126 Å². The second-order valence-corrected chi connectivity index (χ2v) is 9.87. The minimum atomic E-state index is -3.43. The summed E-state index contributed by atoms with van der Waals surface area (Å²) in [5.74, 6) is -0.323. The molecule has 0 aliphatic carbocycles. The van der Waals surface area contributed by atoms with Crippen LogP contribution in [-0.4, -0.2) is 44.7 Å². The van der Waals surface area contributed by atoms with Gasteiger partial charge in [-0.25, -0.2) is 13.4 Å². The van der Waals surface area contributed by atoms with E-state index in [9.17, 15) is 8.42 Å². The van der Waals surface area contributed by atoms with E-state index >= 15 is 0 Å². The summed E-state index contributed by atoms with van der Waals surface area (Å²) >= 11 is 0. The maximum absolute atomic E-state index is 12.4. The number of benzene rings is 2. The molecular weight excluding hydrogens is 428 g/mol. The Kier molecular flexibility index (Phi) is 5.43. The van der Waals surface area contributed by atoms with Crippen molar-refractivity contribution in [3.63, 3.8) is 0 Å². The molecule has 32 heavy (non-hydrogen) atoms. The number of sulfone groups is 1. The highest BCUT2D eigenvalue weighted by molar-refractivity contribution is 7.91. The third-order valence-corrected chi connectivity index (χ3v) is 7.36. The van der Waals surface area contributed by atoms with Crippen molar-refractivity contribution in [2.24, 2.45) is 10.7 Å². The molecule has 168 valence electrons. The van der Waals surface area contributed by atoms with Gasteiger partial charge in [-0.15, -0.1) is 0 Å². The number of H-pyrrole nitrogens is 1. The number of hydrogen-bond acceptors (Lipinski definition) is 8. The van der Waals surface area contributed by atoms with Gasteiger partial charge in [-0.05, 0) is 49.4 Å². The molecule has 0 saturated heterocycles. The van der Waals surface area contributed by atoms with Gasteiger partial charge in [-0.3, -0.25) is 10.8 Å². The number of ether oxygens (including phenoxy) is 1. The standard InChI is InChI=1S/C22H26N6O3S/c1-5-32(29,30)16-7-9-20(31-4)18(13-16)22(23)24-11-10-21(25-22)28(3)15-6-8-17-14(2)26-27-19(17)12-15/h6-13,25H,5,23H2,1-4H3,(H,26,27). The Morgan fingerprint density at radius 1 is 1.22 bits per heavy atom. The van der Waals surface area contributed by atoms with Gasteiger partial charge in [0.05, 0.1) is 28.8 Å². The Bertz CT molecular complexity index is 1340. The van der Waals surface area contributed by atoms with E-state index in [1.807, 2.05) is 37.1 Å². The lowest BCUT2D eigenvalue weighted by Gasteiger charge is -2.36. The molecule has 0 radical (unpaired) electrons. The van der Waals surface area contributed by atoms with Crippen LogP contribution in [0.15, 0.2) is 58.2 Å². The first-order valence-corrected chi connectivity index (χ1v) is 11.8. The van der Waals surface area contributed by atoms with Crippen LogP contribution < -0.4 is 20.7 Å². The molecule has 4 rings (SSSR count). The first kappa shape index (κ1) is 21.8. The van der Waals surface area contributed by atoms with E-state index in [1.54, 1.807) is 25.3 Å². The fourth-order valence-corrected chi connectivity index (χ4v) is 4.56. The van der Waals surface area contributed by atoms with Crippen LogP contribution in [0.4, 0.5) is 5.69 Å². The van der Waals surface area contributed by atoms with Crippen molar-refractivity contribution in [2.45, 2.75) is 24.5 Å². The van der Waals surface area contributed by atoms with Crippen molar-refractivity contribution >= 4 is 32.6 Å². The van der Waals surface area contributed by atoms with Crippen LogP contribution in [0, 0.1) is 6.92 Å². The third kappa shape index (κ3) is 3.71. The summed E-state index contributed by atoms with van der Waals surface area (Å²) in [4.78, 5) is 6.51. The molecule has 0 saturated carbocycles. The summed E-state index contributed by atoms with van der Waals surface area (Å²) < 4.78 is 30.3. The zero-order valence-corrected chi connectivity index (χ0v) is 19.2. The molecule has 9 nitrogen and oxygen atoms in total. The Balaban J connectivity index is 1.70. The number of methoxy groups -OCH3 is 1. The Hall–Kier alpha value is -3.37. The van der Waals surface area contributed by atoms with Gasteiger partial charge < -0.3 is 15.0 Å². The average Bonchev–Trinajstić information content (AvgIpc) is 3.18. The van der Waals surface area contributed by atoms with Crippen LogP contribution in [0.1, 0.15) is 18.2 Å². The molecule has 3 aromatic rings. The van der Waals surface area contributed by atoms with Crippen LogP contribution in [-0.2, 0) is 15.6 Å². The highest BCUT2D eigenvalue weighted by Crippen LogP contribution is 2.33. The van der Waals surface area contributed by atoms with E-state index in [2.05, 4.69) is 20.5 Å². The van der Waals surface area contributed by atoms with Crippen molar-refractivity contribution in [3.05, 3.63) is 59.6 Å². The maximum atomic E-state index is 12.4. The summed E-state index contributed by atoms with van der Waals surface area (Å²) in [5.41, 5.74) is 9.82. The Labute approximate surface area is 186 Å². The third-order valence-electron chi connectivity index (χ3n) is 5.63. The van der Waals surface area contributed by atoms with Crippen molar-refractivity contribution < 1.29 is 13.2 Å². The zero-order chi connectivity index (χ0) is 23.1. The minimum Gasteiger partial charge on any atom is -0.496 e. The Morgan fingerprint density at radius 2 is 2.00 bits per heavy atom. The smallest absolute Gasteiger partial charge is 0.213 e. The monoisotopic (exact) mass is 454 g/mol. The first-order valence-electron chi connectivity index (χ1n) is 10.1. The number of aromatic amines is 1. The number of nitrogens with one attached hydrogen (secondary N) is 2. The van der Waals surface area contributed by atoms with Gasteiger partial charge in [0.15, 0.2) is 9.84 Å².